The summed E-state index contributed by atoms with van der Waals surface area (Å²) in [5.41, 5.74) is 2.71. The highest BCUT2D eigenvalue weighted by Crippen LogP contribution is 2.35. The van der Waals surface area contributed by atoms with E-state index in [-0.39, 0.29) is 12.0 Å². The molecule has 0 unspecified atom stereocenters. The van der Waals surface area contributed by atoms with Gasteiger partial charge in [-0.15, -0.1) is 6.42 Å². The van der Waals surface area contributed by atoms with Gasteiger partial charge < -0.3 is 25.0 Å². The van der Waals surface area contributed by atoms with Gasteiger partial charge >= 0.3 is 0 Å². The molecule has 2 aromatic carbocycles. The van der Waals surface area contributed by atoms with Crippen LogP contribution < -0.4 is 15.4 Å². The summed E-state index contributed by atoms with van der Waals surface area (Å²) in [7, 11) is 0. The minimum Gasteiger partial charge on any atom is -0.486 e. The van der Waals surface area contributed by atoms with Crippen molar-refractivity contribution in [1.29, 1.82) is 5.26 Å². The molecule has 1 aliphatic rings. The molecule has 2 N–H and O–H groups in total. The second-order valence-electron chi connectivity index (χ2n) is 8.71. The first-order valence-electron chi connectivity index (χ1n) is 12.5. The summed E-state index contributed by atoms with van der Waals surface area (Å²) >= 11 is 0. The van der Waals surface area contributed by atoms with Gasteiger partial charge in [-0.3, -0.25) is 4.79 Å². The predicted molar refractivity (Wildman–Crippen MR) is 147 cm³/mol. The quantitative estimate of drug-likeness (QED) is 0.308. The lowest BCUT2D eigenvalue weighted by atomic mass is 10.1. The van der Waals surface area contributed by atoms with Crippen LogP contribution in [0.15, 0.2) is 48.8 Å². The third-order valence-electron chi connectivity index (χ3n) is 6.26. The minimum atomic E-state index is -0.263. The molecular weight excluding hydrogens is 480 g/mol. The van der Waals surface area contributed by atoms with E-state index in [4.69, 9.17) is 15.9 Å². The van der Waals surface area contributed by atoms with Gasteiger partial charge in [-0.05, 0) is 37.4 Å². The number of nitrogens with zero attached hydrogens (tertiary/aromatic N) is 4. The lowest BCUT2D eigenvalue weighted by molar-refractivity contribution is -0.111. The largest absolute Gasteiger partial charge is 0.486 e. The molecule has 0 spiro atoms. The number of ether oxygens (including phenoxy) is 2. The van der Waals surface area contributed by atoms with Crippen LogP contribution in [0.2, 0.25) is 0 Å². The highest BCUT2D eigenvalue weighted by Gasteiger charge is 2.21. The molecule has 194 valence electrons. The van der Waals surface area contributed by atoms with E-state index in [2.05, 4.69) is 51.3 Å². The average Bonchev–Trinajstić information content (AvgIpc) is 3.45. The van der Waals surface area contributed by atoms with E-state index >= 15 is 0 Å². The summed E-state index contributed by atoms with van der Waals surface area (Å²) < 4.78 is 11.7. The molecule has 1 saturated heterocycles. The molecule has 1 aliphatic heterocycles. The number of fused-ring (bicyclic) bond motifs is 1. The van der Waals surface area contributed by atoms with Crippen LogP contribution in [0.5, 0.6) is 5.75 Å². The average molecular weight is 511 g/mol. The first kappa shape index (κ1) is 26.6. The Hall–Kier alpha value is -4.44. The van der Waals surface area contributed by atoms with Gasteiger partial charge in [0.25, 0.3) is 0 Å². The second-order valence-corrected chi connectivity index (χ2v) is 8.71. The topological polar surface area (TPSA) is 112 Å². The Morgan fingerprint density at radius 1 is 1.26 bits per heavy atom. The number of nitrogens with one attached hydrogen (secondary N) is 2. The van der Waals surface area contributed by atoms with Crippen LogP contribution in [0, 0.1) is 23.7 Å². The number of hydrogen-bond acceptors (Lipinski definition) is 8. The van der Waals surface area contributed by atoms with Crippen molar-refractivity contribution in [2.45, 2.75) is 26.4 Å². The molecule has 1 aromatic heterocycles. The van der Waals surface area contributed by atoms with Crippen LogP contribution in [0.25, 0.3) is 10.9 Å². The van der Waals surface area contributed by atoms with Gasteiger partial charge in [0.1, 0.15) is 30.1 Å². The van der Waals surface area contributed by atoms with Crippen molar-refractivity contribution in [3.8, 4) is 24.2 Å². The Balaban J connectivity index is 1.66. The number of anilines is 3. The van der Waals surface area contributed by atoms with Gasteiger partial charge in [0.2, 0.25) is 5.91 Å². The first-order valence-corrected chi connectivity index (χ1v) is 12.5. The number of carbonyl (C=O) groups is 1. The van der Waals surface area contributed by atoms with Crippen molar-refractivity contribution < 1.29 is 14.3 Å². The van der Waals surface area contributed by atoms with Gasteiger partial charge in [0, 0.05) is 41.7 Å². The van der Waals surface area contributed by atoms with Crippen LogP contribution >= 0.6 is 0 Å². The lowest BCUT2D eigenvalue weighted by Gasteiger charge is -2.18. The fourth-order valence-electron chi connectivity index (χ4n) is 4.10. The molecule has 0 bridgehead atoms. The first-order chi connectivity index (χ1) is 18.5. The number of amides is 1. The predicted octanol–water partition coefficient (Wildman–Crippen LogP) is 4.23. The number of rotatable bonds is 10. The van der Waals surface area contributed by atoms with Gasteiger partial charge in [-0.25, -0.2) is 9.97 Å². The molecule has 9 heteroatoms. The number of likely N-dealkylation sites (N-methyl/N-ethyl adjacent to an activating group) is 1. The number of aromatic nitrogens is 2. The van der Waals surface area contributed by atoms with Crippen LogP contribution in [0.3, 0.4) is 0 Å². The van der Waals surface area contributed by atoms with Crippen molar-refractivity contribution in [2.24, 2.45) is 0 Å². The summed E-state index contributed by atoms with van der Waals surface area (Å²) in [5, 5.41) is 16.1. The smallest absolute Gasteiger partial charge is 0.248 e. The molecule has 1 amide bonds. The number of terminal acetylenes is 1. The molecule has 4 rings (SSSR count). The maximum Gasteiger partial charge on any atom is 0.248 e. The zero-order valence-corrected chi connectivity index (χ0v) is 21.5. The molecule has 2 heterocycles. The molecule has 9 nitrogen and oxygen atoms in total. The van der Waals surface area contributed by atoms with Crippen molar-refractivity contribution in [3.05, 3.63) is 59.9 Å². The molecule has 38 heavy (non-hydrogen) atoms. The van der Waals surface area contributed by atoms with E-state index in [1.165, 1.54) is 12.4 Å². The van der Waals surface area contributed by atoms with Crippen molar-refractivity contribution in [3.63, 3.8) is 0 Å². The molecule has 0 radical (unpaired) electrons. The summed E-state index contributed by atoms with van der Waals surface area (Å²) in [6.07, 6.45) is 11.1. The summed E-state index contributed by atoms with van der Waals surface area (Å²) in [6, 6.07) is 10.8. The van der Waals surface area contributed by atoms with Gasteiger partial charge in [-0.2, -0.15) is 5.26 Å². The number of carbonyl (C=O) groups excluding carboxylic acids is 1. The summed E-state index contributed by atoms with van der Waals surface area (Å²) in [5.74, 6) is 3.30. The van der Waals surface area contributed by atoms with Crippen molar-refractivity contribution >= 4 is 34.0 Å². The molecular formula is C29H30N6O3. The fraction of sp³-hybridized carbons (Fsp3) is 0.310. The Morgan fingerprint density at radius 3 is 2.82 bits per heavy atom. The SMILES string of the molecule is C#Cc1cc(Nc2ncnc3cc(O[C@H]4CCOC4)c(NC(=O)/C=C/CN(CC)CC)cc23)ccc1C#N. The maximum absolute atomic E-state index is 12.8. The van der Waals surface area contributed by atoms with Crippen molar-refractivity contribution in [1.82, 2.24) is 14.9 Å². The number of hydrogen-bond donors (Lipinski definition) is 2. The zero-order valence-electron chi connectivity index (χ0n) is 21.5. The Labute approximate surface area is 222 Å². The maximum atomic E-state index is 12.8. The van der Waals surface area contributed by atoms with E-state index in [1.807, 2.05) is 6.08 Å². The Morgan fingerprint density at radius 2 is 2.11 bits per heavy atom. The molecule has 3 aromatic rings. The van der Waals surface area contributed by atoms with Crippen LogP contribution in [-0.4, -0.2) is 59.7 Å². The van der Waals surface area contributed by atoms with Gasteiger partial charge in [-0.1, -0.05) is 25.8 Å². The molecule has 1 fully saturated rings. The standard InChI is InChI=1S/C29H30N6O3/c1-4-20-14-22(10-9-21(20)17-30)33-29-24-15-26(34-28(36)8-7-12-35(5-2)6-3)27(16-25(24)31-19-32-29)38-23-11-13-37-18-23/h1,7-10,14-16,19,23H,5-6,11-13,18H2,2-3H3,(H,34,36)(H,31,32,33)/b8-7+/t23-/m0/s1. The normalized spacial score (nSPS) is 14.9. The van der Waals surface area contributed by atoms with E-state index in [1.54, 1.807) is 30.3 Å². The van der Waals surface area contributed by atoms with Crippen LogP contribution in [-0.2, 0) is 9.53 Å². The lowest BCUT2D eigenvalue weighted by Crippen LogP contribution is -2.23. The van der Waals surface area contributed by atoms with E-state index < -0.39 is 0 Å². The summed E-state index contributed by atoms with van der Waals surface area (Å²) in [6.45, 7) is 7.80. The van der Waals surface area contributed by atoms with Gasteiger partial charge in [0.15, 0.2) is 0 Å². The number of nitriles is 1. The fourth-order valence-corrected chi connectivity index (χ4v) is 4.10. The monoisotopic (exact) mass is 510 g/mol. The van der Waals surface area contributed by atoms with E-state index in [0.29, 0.717) is 64.7 Å². The van der Waals surface area contributed by atoms with Crippen LogP contribution in [0.1, 0.15) is 31.4 Å². The Bertz CT molecular complexity index is 1410. The molecule has 0 aliphatic carbocycles. The third kappa shape index (κ3) is 6.46. The minimum absolute atomic E-state index is 0.110. The van der Waals surface area contributed by atoms with Crippen LogP contribution in [0.4, 0.5) is 17.2 Å². The molecule has 1 atom stereocenters. The summed E-state index contributed by atoms with van der Waals surface area (Å²) in [4.78, 5) is 23.8. The third-order valence-corrected chi connectivity index (χ3v) is 6.26. The Kier molecular flexibility index (Phi) is 8.89. The number of benzene rings is 2. The van der Waals surface area contributed by atoms with Crippen molar-refractivity contribution in [2.75, 3.05) is 43.5 Å². The van der Waals surface area contributed by atoms with E-state index in [9.17, 15) is 10.1 Å². The second kappa shape index (κ2) is 12.7. The highest BCUT2D eigenvalue weighted by molar-refractivity contribution is 6.03. The van der Waals surface area contributed by atoms with Gasteiger partial charge in [0.05, 0.1) is 30.0 Å². The molecule has 0 saturated carbocycles. The highest BCUT2D eigenvalue weighted by atomic mass is 16.5. The zero-order chi connectivity index (χ0) is 26.9. The van der Waals surface area contributed by atoms with E-state index in [0.717, 1.165) is 19.5 Å².